The van der Waals surface area contributed by atoms with Gasteiger partial charge in [-0.15, -0.1) is 0 Å². The Morgan fingerprint density at radius 1 is 0.917 bits per heavy atom. The van der Waals surface area contributed by atoms with E-state index >= 15 is 0 Å². The van der Waals surface area contributed by atoms with Gasteiger partial charge < -0.3 is 20.3 Å². The summed E-state index contributed by atoms with van der Waals surface area (Å²) < 4.78 is 5.28. The van der Waals surface area contributed by atoms with Gasteiger partial charge in [0.1, 0.15) is 18.2 Å². The molecule has 0 heterocycles. The van der Waals surface area contributed by atoms with Crippen LogP contribution < -0.4 is 10.6 Å². The summed E-state index contributed by atoms with van der Waals surface area (Å²) in [6, 6.07) is 16.5. The third-order valence-electron chi connectivity index (χ3n) is 5.71. The first-order chi connectivity index (χ1) is 17.1. The summed E-state index contributed by atoms with van der Waals surface area (Å²) in [4.78, 5) is 40.9. The lowest BCUT2D eigenvalue weighted by molar-refractivity contribution is -0.140. The molecule has 0 aliphatic heterocycles. The number of rotatable bonds is 12. The number of carbonyl (C=O) groups is 3. The van der Waals surface area contributed by atoms with Crippen molar-refractivity contribution in [1.29, 1.82) is 0 Å². The van der Waals surface area contributed by atoms with Crippen LogP contribution in [-0.4, -0.2) is 41.5 Å². The van der Waals surface area contributed by atoms with Crippen molar-refractivity contribution in [3.63, 3.8) is 0 Å². The van der Waals surface area contributed by atoms with Crippen LogP contribution in [0.4, 0.5) is 4.79 Å². The summed E-state index contributed by atoms with van der Waals surface area (Å²) in [7, 11) is 0. The molecule has 0 spiro atoms. The zero-order valence-electron chi connectivity index (χ0n) is 22.3. The molecule has 0 aliphatic rings. The standard InChI is InChI=1S/C29H41N3O4/c1-6-7-8-14-19-32(25(33)21-31-28(35)36-29(3,4)5)26(24-18-13-12-15-22(24)2)27(34)30-20-23-16-10-9-11-17-23/h9-13,15-18,26H,6-8,14,19-21H2,1-5H3,(H,30,34)(H,31,35). The Morgan fingerprint density at radius 3 is 2.22 bits per heavy atom. The van der Waals surface area contributed by atoms with Crippen LogP contribution in [0.1, 0.15) is 76.1 Å². The van der Waals surface area contributed by atoms with E-state index in [0.29, 0.717) is 13.1 Å². The van der Waals surface area contributed by atoms with E-state index in [1.165, 1.54) is 0 Å². The zero-order valence-corrected chi connectivity index (χ0v) is 22.3. The second kappa shape index (κ2) is 14.3. The van der Waals surface area contributed by atoms with Crippen molar-refractivity contribution >= 4 is 17.9 Å². The second-order valence-corrected chi connectivity index (χ2v) is 9.97. The Morgan fingerprint density at radius 2 is 1.58 bits per heavy atom. The molecule has 0 saturated carbocycles. The van der Waals surface area contributed by atoms with Gasteiger partial charge in [-0.3, -0.25) is 9.59 Å². The van der Waals surface area contributed by atoms with Gasteiger partial charge >= 0.3 is 6.09 Å². The zero-order chi connectivity index (χ0) is 26.6. The Kier molecular flexibility index (Phi) is 11.4. The van der Waals surface area contributed by atoms with Crippen molar-refractivity contribution in [3.05, 3.63) is 71.3 Å². The molecule has 0 aliphatic carbocycles. The smallest absolute Gasteiger partial charge is 0.408 e. The molecule has 36 heavy (non-hydrogen) atoms. The maximum absolute atomic E-state index is 13.6. The molecule has 2 aromatic rings. The van der Waals surface area contributed by atoms with Gasteiger partial charge in [-0.2, -0.15) is 0 Å². The molecule has 1 unspecified atom stereocenters. The maximum Gasteiger partial charge on any atom is 0.408 e. The van der Waals surface area contributed by atoms with Gasteiger partial charge in [0.25, 0.3) is 0 Å². The minimum atomic E-state index is -0.815. The summed E-state index contributed by atoms with van der Waals surface area (Å²) in [5.74, 6) is -0.588. The van der Waals surface area contributed by atoms with Crippen molar-refractivity contribution < 1.29 is 19.1 Å². The van der Waals surface area contributed by atoms with E-state index in [0.717, 1.165) is 42.4 Å². The lowest BCUT2D eigenvalue weighted by Crippen LogP contribution is -2.48. The third kappa shape index (κ3) is 9.72. The number of nitrogens with zero attached hydrogens (tertiary/aromatic N) is 1. The molecule has 3 amide bonds. The van der Waals surface area contributed by atoms with E-state index in [4.69, 9.17) is 4.74 Å². The fraction of sp³-hybridized carbons (Fsp3) is 0.483. The fourth-order valence-corrected chi connectivity index (χ4v) is 3.90. The Labute approximate surface area is 215 Å². The first-order valence-corrected chi connectivity index (χ1v) is 12.8. The minimum Gasteiger partial charge on any atom is -0.444 e. The lowest BCUT2D eigenvalue weighted by atomic mass is 9.98. The molecular formula is C29H41N3O4. The monoisotopic (exact) mass is 495 g/mol. The first kappa shape index (κ1) is 28.9. The van der Waals surface area contributed by atoms with Crippen LogP contribution in [0.2, 0.25) is 0 Å². The topological polar surface area (TPSA) is 87.7 Å². The predicted molar refractivity (Wildman–Crippen MR) is 142 cm³/mol. The average molecular weight is 496 g/mol. The van der Waals surface area contributed by atoms with Gasteiger partial charge in [0.2, 0.25) is 11.8 Å². The van der Waals surface area contributed by atoms with Crippen LogP contribution in [0, 0.1) is 6.92 Å². The Balaban J connectivity index is 2.29. The van der Waals surface area contributed by atoms with E-state index in [1.54, 1.807) is 25.7 Å². The molecule has 0 fully saturated rings. The van der Waals surface area contributed by atoms with E-state index in [9.17, 15) is 14.4 Å². The number of alkyl carbamates (subject to hydrolysis) is 1. The van der Waals surface area contributed by atoms with E-state index in [1.807, 2.05) is 61.5 Å². The highest BCUT2D eigenvalue weighted by molar-refractivity contribution is 5.90. The minimum absolute atomic E-state index is 0.253. The summed E-state index contributed by atoms with van der Waals surface area (Å²) in [5.41, 5.74) is 1.99. The highest BCUT2D eigenvalue weighted by Crippen LogP contribution is 2.25. The molecule has 1 atom stereocenters. The van der Waals surface area contributed by atoms with E-state index < -0.39 is 17.7 Å². The molecule has 196 valence electrons. The molecule has 7 nitrogen and oxygen atoms in total. The number of hydrogen-bond acceptors (Lipinski definition) is 4. The van der Waals surface area contributed by atoms with Crippen LogP contribution in [0.15, 0.2) is 54.6 Å². The van der Waals surface area contributed by atoms with Crippen molar-refractivity contribution in [2.75, 3.05) is 13.1 Å². The number of hydrogen-bond donors (Lipinski definition) is 2. The number of aryl methyl sites for hydroxylation is 1. The van der Waals surface area contributed by atoms with Crippen LogP contribution >= 0.6 is 0 Å². The molecule has 0 aromatic heterocycles. The van der Waals surface area contributed by atoms with Gasteiger partial charge in [0, 0.05) is 13.1 Å². The number of ether oxygens (including phenoxy) is 1. The molecular weight excluding hydrogens is 454 g/mol. The first-order valence-electron chi connectivity index (χ1n) is 12.8. The van der Waals surface area contributed by atoms with Crippen LogP contribution in [0.25, 0.3) is 0 Å². The fourth-order valence-electron chi connectivity index (χ4n) is 3.90. The number of amides is 3. The number of nitrogens with one attached hydrogen (secondary N) is 2. The van der Waals surface area contributed by atoms with Crippen molar-refractivity contribution in [3.8, 4) is 0 Å². The maximum atomic E-state index is 13.6. The van der Waals surface area contributed by atoms with Gasteiger partial charge in [-0.25, -0.2) is 4.79 Å². The summed E-state index contributed by atoms with van der Waals surface area (Å²) in [6.45, 7) is 9.87. The lowest BCUT2D eigenvalue weighted by Gasteiger charge is -2.32. The van der Waals surface area contributed by atoms with Crippen LogP contribution in [0.3, 0.4) is 0 Å². The van der Waals surface area contributed by atoms with Gasteiger partial charge in [-0.1, -0.05) is 80.8 Å². The second-order valence-electron chi connectivity index (χ2n) is 9.97. The van der Waals surface area contributed by atoms with Gasteiger partial charge in [0.05, 0.1) is 0 Å². The molecule has 2 N–H and O–H groups in total. The molecule has 0 radical (unpaired) electrons. The highest BCUT2D eigenvalue weighted by Gasteiger charge is 2.32. The van der Waals surface area contributed by atoms with Gasteiger partial charge in [0.15, 0.2) is 0 Å². The normalized spacial score (nSPS) is 11.9. The summed E-state index contributed by atoms with van der Waals surface area (Å²) in [5, 5.41) is 5.57. The summed E-state index contributed by atoms with van der Waals surface area (Å²) in [6.07, 6.45) is 3.16. The molecule has 2 aromatic carbocycles. The van der Waals surface area contributed by atoms with Crippen LogP contribution in [-0.2, 0) is 20.9 Å². The third-order valence-corrected chi connectivity index (χ3v) is 5.71. The molecule has 2 rings (SSSR count). The largest absolute Gasteiger partial charge is 0.444 e. The number of carbonyl (C=O) groups excluding carboxylic acids is 3. The SMILES string of the molecule is CCCCCCN(C(=O)CNC(=O)OC(C)(C)C)C(C(=O)NCc1ccccc1)c1ccccc1C. The average Bonchev–Trinajstić information content (AvgIpc) is 2.83. The Hall–Kier alpha value is -3.35. The highest BCUT2D eigenvalue weighted by atomic mass is 16.6. The molecule has 0 bridgehead atoms. The molecule has 7 heteroatoms. The number of unbranched alkanes of at least 4 members (excludes halogenated alkanes) is 3. The van der Waals surface area contributed by atoms with E-state index in [2.05, 4.69) is 17.6 Å². The quantitative estimate of drug-likeness (QED) is 0.392. The predicted octanol–water partition coefficient (Wildman–Crippen LogP) is 5.29. The van der Waals surface area contributed by atoms with Crippen molar-refractivity contribution in [2.45, 2.75) is 78.5 Å². The van der Waals surface area contributed by atoms with E-state index in [-0.39, 0.29) is 18.4 Å². The number of benzene rings is 2. The van der Waals surface area contributed by atoms with Crippen molar-refractivity contribution in [2.24, 2.45) is 0 Å². The van der Waals surface area contributed by atoms with Crippen LogP contribution in [0.5, 0.6) is 0 Å². The van der Waals surface area contributed by atoms with Gasteiger partial charge in [-0.05, 0) is 50.8 Å². The Bertz CT molecular complexity index is 986. The van der Waals surface area contributed by atoms with Crippen molar-refractivity contribution in [1.82, 2.24) is 15.5 Å². The molecule has 0 saturated heterocycles. The summed E-state index contributed by atoms with van der Waals surface area (Å²) >= 11 is 0.